The van der Waals surface area contributed by atoms with Gasteiger partial charge in [-0.3, -0.25) is 4.68 Å². The fourth-order valence-corrected chi connectivity index (χ4v) is 4.43. The molecule has 2 aromatic carbocycles. The first-order valence-electron chi connectivity index (χ1n) is 8.51. The fourth-order valence-electron chi connectivity index (χ4n) is 3.22. The van der Waals surface area contributed by atoms with Crippen molar-refractivity contribution in [3.05, 3.63) is 83.0 Å². The van der Waals surface area contributed by atoms with E-state index in [9.17, 15) is 0 Å². The Hall–Kier alpha value is -2.59. The van der Waals surface area contributed by atoms with Crippen molar-refractivity contribution in [2.24, 2.45) is 0 Å². The molecule has 2 aromatic heterocycles. The van der Waals surface area contributed by atoms with Gasteiger partial charge in [-0.15, -0.1) is 11.3 Å². The smallest absolute Gasteiger partial charge is 0.0731 e. The molecule has 0 fully saturated rings. The molecule has 0 aliphatic rings. The lowest BCUT2D eigenvalue weighted by molar-refractivity contribution is 0.687. The monoisotopic (exact) mass is 347 g/mol. The van der Waals surface area contributed by atoms with Gasteiger partial charge >= 0.3 is 0 Å². The maximum atomic E-state index is 4.48. The van der Waals surface area contributed by atoms with Crippen molar-refractivity contribution in [1.82, 2.24) is 9.78 Å². The summed E-state index contributed by atoms with van der Waals surface area (Å²) in [6.07, 6.45) is 3.98. The zero-order valence-electron chi connectivity index (χ0n) is 14.4. The second kappa shape index (κ2) is 6.73. The van der Waals surface area contributed by atoms with Gasteiger partial charge in [-0.2, -0.15) is 5.10 Å². The van der Waals surface area contributed by atoms with Crippen molar-refractivity contribution in [3.8, 4) is 0 Å². The molecule has 126 valence electrons. The normalized spacial score (nSPS) is 12.4. The first-order valence-corrected chi connectivity index (χ1v) is 9.33. The molecule has 0 spiro atoms. The molecule has 0 aliphatic heterocycles. The van der Waals surface area contributed by atoms with Gasteiger partial charge in [0.15, 0.2) is 0 Å². The van der Waals surface area contributed by atoms with Crippen LogP contribution in [0.4, 0.5) is 5.69 Å². The predicted molar refractivity (Wildman–Crippen MR) is 106 cm³/mol. The zero-order chi connectivity index (χ0) is 17.2. The second-order valence-electron chi connectivity index (χ2n) is 6.37. The summed E-state index contributed by atoms with van der Waals surface area (Å²) in [4.78, 5) is 1.39. The number of thiophene rings is 1. The minimum Gasteiger partial charge on any atom is -0.375 e. The summed E-state index contributed by atoms with van der Waals surface area (Å²) >= 11 is 1.87. The molecule has 0 saturated heterocycles. The lowest BCUT2D eigenvalue weighted by atomic mass is 10.1. The van der Waals surface area contributed by atoms with Crippen molar-refractivity contribution in [2.75, 3.05) is 5.32 Å². The summed E-state index contributed by atoms with van der Waals surface area (Å²) in [6, 6.07) is 19.3. The zero-order valence-corrected chi connectivity index (χ0v) is 15.3. The van der Waals surface area contributed by atoms with Crippen molar-refractivity contribution >= 4 is 27.1 Å². The van der Waals surface area contributed by atoms with Crippen molar-refractivity contribution in [1.29, 1.82) is 0 Å². The molecule has 4 rings (SSSR count). The van der Waals surface area contributed by atoms with Gasteiger partial charge in [0, 0.05) is 15.8 Å². The van der Waals surface area contributed by atoms with E-state index in [1.165, 1.54) is 26.1 Å². The average molecular weight is 347 g/mol. The SMILES string of the molecule is Cc1c(C(C)Nc2cnn(Cc3ccccc3)c2)sc2ccccc12. The third kappa shape index (κ3) is 3.30. The molecule has 1 N–H and O–H groups in total. The van der Waals surface area contributed by atoms with Crippen LogP contribution in [-0.4, -0.2) is 9.78 Å². The van der Waals surface area contributed by atoms with Gasteiger partial charge in [0.05, 0.1) is 24.5 Å². The van der Waals surface area contributed by atoms with Crippen molar-refractivity contribution in [2.45, 2.75) is 26.4 Å². The molecule has 25 heavy (non-hydrogen) atoms. The molecule has 3 nitrogen and oxygen atoms in total. The Balaban J connectivity index is 1.51. The van der Waals surface area contributed by atoms with E-state index >= 15 is 0 Å². The highest BCUT2D eigenvalue weighted by molar-refractivity contribution is 7.19. The van der Waals surface area contributed by atoms with Crippen LogP contribution in [0.1, 0.15) is 29.0 Å². The van der Waals surface area contributed by atoms with Crippen LogP contribution in [0.15, 0.2) is 67.0 Å². The maximum absolute atomic E-state index is 4.48. The van der Waals surface area contributed by atoms with Crippen LogP contribution in [0.3, 0.4) is 0 Å². The minimum absolute atomic E-state index is 0.256. The quantitative estimate of drug-likeness (QED) is 0.507. The largest absolute Gasteiger partial charge is 0.375 e. The number of aryl methyl sites for hydroxylation is 1. The van der Waals surface area contributed by atoms with E-state index < -0.39 is 0 Å². The van der Waals surface area contributed by atoms with Crippen LogP contribution in [0.5, 0.6) is 0 Å². The third-order valence-corrected chi connectivity index (χ3v) is 5.93. The topological polar surface area (TPSA) is 29.9 Å². The number of fused-ring (bicyclic) bond motifs is 1. The Morgan fingerprint density at radius 2 is 1.84 bits per heavy atom. The van der Waals surface area contributed by atoms with Gasteiger partial charge in [0.25, 0.3) is 0 Å². The Morgan fingerprint density at radius 3 is 2.64 bits per heavy atom. The van der Waals surface area contributed by atoms with E-state index in [2.05, 4.69) is 79.0 Å². The number of anilines is 1. The van der Waals surface area contributed by atoms with E-state index in [0.717, 1.165) is 12.2 Å². The van der Waals surface area contributed by atoms with Gasteiger partial charge < -0.3 is 5.32 Å². The van der Waals surface area contributed by atoms with E-state index in [1.807, 2.05) is 28.3 Å². The molecular formula is C21H21N3S. The van der Waals surface area contributed by atoms with E-state index in [1.54, 1.807) is 0 Å². The van der Waals surface area contributed by atoms with Crippen LogP contribution >= 0.6 is 11.3 Å². The minimum atomic E-state index is 0.256. The molecule has 0 radical (unpaired) electrons. The second-order valence-corrected chi connectivity index (χ2v) is 7.45. The van der Waals surface area contributed by atoms with Gasteiger partial charge in [-0.1, -0.05) is 48.5 Å². The van der Waals surface area contributed by atoms with Crippen molar-refractivity contribution < 1.29 is 0 Å². The molecular weight excluding hydrogens is 326 g/mol. The maximum Gasteiger partial charge on any atom is 0.0731 e. The molecule has 1 atom stereocenters. The van der Waals surface area contributed by atoms with Crippen LogP contribution < -0.4 is 5.32 Å². The average Bonchev–Trinajstić information content (AvgIpc) is 3.20. The number of nitrogens with one attached hydrogen (secondary N) is 1. The number of benzene rings is 2. The molecule has 0 bridgehead atoms. The third-order valence-electron chi connectivity index (χ3n) is 4.48. The Morgan fingerprint density at radius 1 is 1.08 bits per heavy atom. The molecule has 0 aliphatic carbocycles. The van der Waals surface area contributed by atoms with Crippen LogP contribution in [0, 0.1) is 6.92 Å². The van der Waals surface area contributed by atoms with Gasteiger partial charge in [-0.25, -0.2) is 0 Å². The highest BCUT2D eigenvalue weighted by Gasteiger charge is 2.14. The molecule has 4 heteroatoms. The first kappa shape index (κ1) is 15.9. The lowest BCUT2D eigenvalue weighted by Crippen LogP contribution is -2.05. The summed E-state index contributed by atoms with van der Waals surface area (Å²) in [7, 11) is 0. The Labute approximate surface area is 151 Å². The number of aromatic nitrogens is 2. The Bertz CT molecular complexity index is 985. The summed E-state index contributed by atoms with van der Waals surface area (Å²) in [5.41, 5.74) is 3.68. The molecule has 0 amide bonds. The summed E-state index contributed by atoms with van der Waals surface area (Å²) < 4.78 is 3.32. The standard InChI is InChI=1S/C21H21N3S/c1-15-19-10-6-7-11-20(19)25-21(15)16(2)23-18-12-22-24(14-18)13-17-8-4-3-5-9-17/h3-12,14,16,23H,13H2,1-2H3. The van der Waals surface area contributed by atoms with Crippen LogP contribution in [0.25, 0.3) is 10.1 Å². The Kier molecular flexibility index (Phi) is 4.28. The molecule has 1 unspecified atom stereocenters. The van der Waals surface area contributed by atoms with E-state index in [4.69, 9.17) is 0 Å². The summed E-state index contributed by atoms with van der Waals surface area (Å²) in [5.74, 6) is 0. The number of hydrogen-bond donors (Lipinski definition) is 1. The van der Waals surface area contributed by atoms with E-state index in [-0.39, 0.29) is 6.04 Å². The highest BCUT2D eigenvalue weighted by atomic mass is 32.1. The van der Waals surface area contributed by atoms with Crippen LogP contribution in [-0.2, 0) is 6.54 Å². The number of rotatable bonds is 5. The molecule has 0 saturated carbocycles. The van der Waals surface area contributed by atoms with Crippen molar-refractivity contribution in [3.63, 3.8) is 0 Å². The summed E-state index contributed by atoms with van der Waals surface area (Å²) in [5, 5.41) is 9.43. The van der Waals surface area contributed by atoms with Crippen LogP contribution in [0.2, 0.25) is 0 Å². The van der Waals surface area contributed by atoms with E-state index in [0.29, 0.717) is 0 Å². The predicted octanol–water partition coefficient (Wildman–Crippen LogP) is 5.63. The van der Waals surface area contributed by atoms with Gasteiger partial charge in [-0.05, 0) is 36.4 Å². The fraction of sp³-hybridized carbons (Fsp3) is 0.190. The van der Waals surface area contributed by atoms with Gasteiger partial charge in [0.2, 0.25) is 0 Å². The number of nitrogens with zero attached hydrogens (tertiary/aromatic N) is 2. The summed E-state index contributed by atoms with van der Waals surface area (Å²) in [6.45, 7) is 5.22. The molecule has 4 aromatic rings. The molecule has 2 heterocycles. The highest BCUT2D eigenvalue weighted by Crippen LogP contribution is 2.35. The lowest BCUT2D eigenvalue weighted by Gasteiger charge is -2.13. The first-order chi connectivity index (χ1) is 12.2. The van der Waals surface area contributed by atoms with Gasteiger partial charge in [0.1, 0.15) is 0 Å². The number of hydrogen-bond acceptors (Lipinski definition) is 3.